The molecule has 0 saturated carbocycles. The molecule has 0 spiro atoms. The van der Waals surface area contributed by atoms with E-state index in [0.29, 0.717) is 36.5 Å². The van der Waals surface area contributed by atoms with Gasteiger partial charge in [-0.15, -0.1) is 0 Å². The Bertz CT molecular complexity index is 1690. The maximum absolute atomic E-state index is 14.4. The second kappa shape index (κ2) is 8.38. The highest BCUT2D eigenvalue weighted by atomic mass is 19.1. The number of para-hydroxylation sites is 2. The Kier molecular flexibility index (Phi) is 4.97. The minimum Gasteiger partial charge on any atom is -0.464 e. The molecular formula is C29H23FN4O3. The van der Waals surface area contributed by atoms with Gasteiger partial charge in [-0.1, -0.05) is 36.4 Å². The van der Waals surface area contributed by atoms with Crippen LogP contribution in [0.3, 0.4) is 0 Å². The minimum atomic E-state index is -0.359. The lowest BCUT2D eigenvalue weighted by Crippen LogP contribution is -2.35. The first-order valence-corrected chi connectivity index (χ1v) is 12.3. The van der Waals surface area contributed by atoms with Crippen molar-refractivity contribution in [1.82, 2.24) is 14.7 Å². The van der Waals surface area contributed by atoms with E-state index in [1.165, 1.54) is 12.3 Å². The molecule has 184 valence electrons. The number of carbonyl (C=O) groups excluding carboxylic acids is 2. The molecule has 2 aliphatic heterocycles. The SMILES string of the molecule is O=C(CN1C[C@@H]2CN(c3cccc4c3cnn4-c3ccccc3F)C(=O)[C@@H]2C1)c1coc2ccccc12. The summed E-state index contributed by atoms with van der Waals surface area (Å²) in [5.41, 5.74) is 3.17. The van der Waals surface area contributed by atoms with E-state index in [2.05, 4.69) is 10.00 Å². The van der Waals surface area contributed by atoms with Crippen molar-refractivity contribution in [3.8, 4) is 5.69 Å². The molecule has 2 fully saturated rings. The van der Waals surface area contributed by atoms with E-state index in [4.69, 9.17) is 4.42 Å². The number of Topliss-reactive ketones (excluding diaryl/α,β-unsaturated/α-hetero) is 1. The lowest BCUT2D eigenvalue weighted by Gasteiger charge is -2.22. The van der Waals surface area contributed by atoms with E-state index >= 15 is 0 Å². The van der Waals surface area contributed by atoms with Crippen LogP contribution in [0.25, 0.3) is 27.6 Å². The van der Waals surface area contributed by atoms with Crippen molar-refractivity contribution in [3.63, 3.8) is 0 Å². The first-order valence-electron chi connectivity index (χ1n) is 12.3. The van der Waals surface area contributed by atoms with Crippen LogP contribution in [0, 0.1) is 17.7 Å². The van der Waals surface area contributed by atoms with Crippen molar-refractivity contribution in [2.24, 2.45) is 11.8 Å². The van der Waals surface area contributed by atoms with Crippen LogP contribution in [0.4, 0.5) is 10.1 Å². The van der Waals surface area contributed by atoms with Crippen LogP contribution < -0.4 is 4.90 Å². The monoisotopic (exact) mass is 494 g/mol. The largest absolute Gasteiger partial charge is 0.464 e. The van der Waals surface area contributed by atoms with Gasteiger partial charge in [0.15, 0.2) is 5.78 Å². The molecule has 5 aromatic rings. The van der Waals surface area contributed by atoms with Gasteiger partial charge in [0.1, 0.15) is 23.4 Å². The summed E-state index contributed by atoms with van der Waals surface area (Å²) in [4.78, 5) is 30.4. The van der Waals surface area contributed by atoms with Crippen LogP contribution in [0.5, 0.6) is 0 Å². The topological polar surface area (TPSA) is 71.6 Å². The third-order valence-electron chi connectivity index (χ3n) is 7.63. The molecule has 0 N–H and O–H groups in total. The van der Waals surface area contributed by atoms with E-state index < -0.39 is 0 Å². The Morgan fingerprint density at radius 3 is 2.62 bits per heavy atom. The van der Waals surface area contributed by atoms with Crippen molar-refractivity contribution in [2.75, 3.05) is 31.1 Å². The number of benzene rings is 3. The average Bonchev–Trinajstić information content (AvgIpc) is 3.68. The lowest BCUT2D eigenvalue weighted by molar-refractivity contribution is -0.120. The highest BCUT2D eigenvalue weighted by Gasteiger charge is 2.47. The molecule has 37 heavy (non-hydrogen) atoms. The summed E-state index contributed by atoms with van der Waals surface area (Å²) in [7, 11) is 0. The summed E-state index contributed by atoms with van der Waals surface area (Å²) in [6.45, 7) is 2.06. The van der Waals surface area contributed by atoms with Gasteiger partial charge in [0, 0.05) is 36.3 Å². The number of carbonyl (C=O) groups is 2. The number of nitrogens with zero attached hydrogens (tertiary/aromatic N) is 4. The molecule has 7 rings (SSSR count). The van der Waals surface area contributed by atoms with E-state index in [-0.39, 0.29) is 35.9 Å². The van der Waals surface area contributed by atoms with Gasteiger partial charge < -0.3 is 9.32 Å². The zero-order chi connectivity index (χ0) is 25.1. The van der Waals surface area contributed by atoms with Crippen LogP contribution in [-0.4, -0.2) is 52.5 Å². The molecule has 0 unspecified atom stereocenters. The normalized spacial score (nSPS) is 19.8. The number of furan rings is 1. The zero-order valence-electron chi connectivity index (χ0n) is 19.9. The van der Waals surface area contributed by atoms with Gasteiger partial charge in [0.25, 0.3) is 0 Å². The van der Waals surface area contributed by atoms with Crippen LogP contribution in [0.1, 0.15) is 10.4 Å². The number of ketones is 1. The molecule has 4 heterocycles. The van der Waals surface area contributed by atoms with E-state index in [9.17, 15) is 14.0 Å². The molecule has 0 radical (unpaired) electrons. The third kappa shape index (κ3) is 3.48. The van der Waals surface area contributed by atoms with Crippen LogP contribution in [-0.2, 0) is 4.79 Å². The highest BCUT2D eigenvalue weighted by Crippen LogP contribution is 2.38. The molecular weight excluding hydrogens is 471 g/mol. The predicted molar refractivity (Wildman–Crippen MR) is 137 cm³/mol. The average molecular weight is 495 g/mol. The highest BCUT2D eigenvalue weighted by molar-refractivity contribution is 6.08. The summed E-state index contributed by atoms with van der Waals surface area (Å²) in [5, 5.41) is 6.05. The Balaban J connectivity index is 1.10. The minimum absolute atomic E-state index is 0.000412. The van der Waals surface area contributed by atoms with Crippen molar-refractivity contribution in [3.05, 3.63) is 90.6 Å². The first-order chi connectivity index (χ1) is 18.1. The number of likely N-dealkylation sites (tertiary alicyclic amines) is 1. The molecule has 2 atom stereocenters. The van der Waals surface area contributed by atoms with Gasteiger partial charge >= 0.3 is 0 Å². The number of halogens is 1. The van der Waals surface area contributed by atoms with Gasteiger partial charge in [-0.25, -0.2) is 9.07 Å². The number of hydrogen-bond donors (Lipinski definition) is 0. The van der Waals surface area contributed by atoms with E-state index in [1.54, 1.807) is 29.1 Å². The van der Waals surface area contributed by atoms with Crippen LogP contribution in [0.2, 0.25) is 0 Å². The standard InChI is InChI=1S/C29H23FN4O3/c30-23-7-2-3-8-26(23)34-25-10-5-9-24(20(25)12-31-34)33-14-18-13-32(15-21(18)29(33)36)16-27(35)22-17-37-28-11-4-1-6-19(22)28/h1-12,17-18,21H,13-16H2/t18-,21-/m1/s1. The quantitative estimate of drug-likeness (QED) is 0.332. The molecule has 2 aliphatic rings. The molecule has 0 aliphatic carbocycles. The number of aromatic nitrogens is 2. The maximum Gasteiger partial charge on any atom is 0.231 e. The fraction of sp³-hybridized carbons (Fsp3) is 0.207. The number of fused-ring (bicyclic) bond motifs is 3. The smallest absolute Gasteiger partial charge is 0.231 e. The Morgan fingerprint density at radius 2 is 1.76 bits per heavy atom. The fourth-order valence-corrected chi connectivity index (χ4v) is 5.86. The number of hydrogen-bond acceptors (Lipinski definition) is 5. The summed E-state index contributed by atoms with van der Waals surface area (Å²) in [6.07, 6.45) is 3.22. The molecule has 2 saturated heterocycles. The predicted octanol–water partition coefficient (Wildman–Crippen LogP) is 4.69. The Morgan fingerprint density at radius 1 is 0.946 bits per heavy atom. The van der Waals surface area contributed by atoms with Crippen molar-refractivity contribution in [1.29, 1.82) is 0 Å². The molecule has 1 amide bonds. The van der Waals surface area contributed by atoms with Gasteiger partial charge in [0.2, 0.25) is 5.91 Å². The summed E-state index contributed by atoms with van der Waals surface area (Å²) < 4.78 is 21.5. The van der Waals surface area contributed by atoms with E-state index in [0.717, 1.165) is 22.0 Å². The first kappa shape index (κ1) is 21.9. The van der Waals surface area contributed by atoms with Gasteiger partial charge in [-0.05, 0) is 30.3 Å². The molecule has 8 heteroatoms. The summed E-state index contributed by atoms with van der Waals surface area (Å²) in [6, 6.07) is 19.7. The zero-order valence-corrected chi connectivity index (χ0v) is 19.9. The Hall–Kier alpha value is -4.30. The number of anilines is 1. The Labute approximate surface area is 211 Å². The molecule has 2 aromatic heterocycles. The number of rotatable bonds is 5. The fourth-order valence-electron chi connectivity index (χ4n) is 5.86. The maximum atomic E-state index is 14.4. The van der Waals surface area contributed by atoms with Gasteiger partial charge in [-0.3, -0.25) is 14.5 Å². The summed E-state index contributed by atoms with van der Waals surface area (Å²) >= 11 is 0. The van der Waals surface area contributed by atoms with Crippen molar-refractivity contribution in [2.45, 2.75) is 0 Å². The van der Waals surface area contributed by atoms with Gasteiger partial charge in [-0.2, -0.15) is 5.10 Å². The van der Waals surface area contributed by atoms with Crippen molar-refractivity contribution >= 4 is 39.2 Å². The van der Waals surface area contributed by atoms with Crippen LogP contribution >= 0.6 is 0 Å². The van der Waals surface area contributed by atoms with Crippen LogP contribution in [0.15, 0.2) is 83.6 Å². The lowest BCUT2D eigenvalue weighted by atomic mass is 10.0. The van der Waals surface area contributed by atoms with Gasteiger partial charge in [0.05, 0.1) is 35.4 Å². The molecule has 7 nitrogen and oxygen atoms in total. The second-order valence-electron chi connectivity index (χ2n) is 9.80. The molecule has 3 aromatic carbocycles. The summed E-state index contributed by atoms with van der Waals surface area (Å²) in [5.74, 6) is -0.328. The second-order valence-corrected chi connectivity index (χ2v) is 9.80. The van der Waals surface area contributed by atoms with Crippen molar-refractivity contribution < 1.29 is 18.4 Å². The number of amides is 1. The van der Waals surface area contributed by atoms with E-state index in [1.807, 2.05) is 47.4 Å². The molecule has 0 bridgehead atoms. The third-order valence-corrected chi connectivity index (χ3v) is 7.63.